The number of fused-ring (bicyclic) bond motifs is 3. The first-order valence-electron chi connectivity index (χ1n) is 11.3. The van der Waals surface area contributed by atoms with Crippen LogP contribution in [0.1, 0.15) is 26.5 Å². The molecule has 7 nitrogen and oxygen atoms in total. The average molecular weight is 512 g/mol. The minimum atomic E-state index is -0.342. The van der Waals surface area contributed by atoms with Crippen molar-refractivity contribution in [2.24, 2.45) is 5.92 Å². The third-order valence-corrected chi connectivity index (χ3v) is 7.49. The summed E-state index contributed by atoms with van der Waals surface area (Å²) in [6.45, 7) is 2.31. The van der Waals surface area contributed by atoms with E-state index >= 15 is 0 Å². The summed E-state index contributed by atoms with van der Waals surface area (Å²) < 4.78 is 7.77. The van der Waals surface area contributed by atoms with Crippen LogP contribution in [-0.4, -0.2) is 43.0 Å². The van der Waals surface area contributed by atoms with E-state index in [0.29, 0.717) is 38.5 Å². The van der Waals surface area contributed by atoms with Gasteiger partial charge in [-0.15, -0.1) is 23.7 Å². The lowest BCUT2D eigenvalue weighted by molar-refractivity contribution is 0.0946. The Kier molecular flexibility index (Phi) is 7.54. The summed E-state index contributed by atoms with van der Waals surface area (Å²) in [5.41, 5.74) is 0.847. The minimum Gasteiger partial charge on any atom is -0.494 e. The number of Topliss-reactive ketones (excluding diaryl/α,β-unsaturated/α-hetero) is 1. The third-order valence-electron chi connectivity index (χ3n) is 6.28. The van der Waals surface area contributed by atoms with Crippen LogP contribution in [0.2, 0.25) is 0 Å². The van der Waals surface area contributed by atoms with Crippen LogP contribution in [0.25, 0.3) is 21.0 Å². The van der Waals surface area contributed by atoms with E-state index in [9.17, 15) is 14.4 Å². The van der Waals surface area contributed by atoms with Crippen molar-refractivity contribution in [1.82, 2.24) is 15.2 Å². The molecule has 1 aliphatic rings. The molecule has 0 saturated carbocycles. The van der Waals surface area contributed by atoms with E-state index in [1.165, 1.54) is 23.0 Å². The number of thiophene rings is 1. The first kappa shape index (κ1) is 24.9. The van der Waals surface area contributed by atoms with Gasteiger partial charge in [-0.05, 0) is 31.5 Å². The van der Waals surface area contributed by atoms with Crippen molar-refractivity contribution >= 4 is 56.4 Å². The highest BCUT2D eigenvalue weighted by Crippen LogP contribution is 2.39. The molecule has 1 fully saturated rings. The second-order valence-corrected chi connectivity index (χ2v) is 9.46. The predicted octanol–water partition coefficient (Wildman–Crippen LogP) is 3.87. The van der Waals surface area contributed by atoms with Crippen LogP contribution < -0.4 is 20.9 Å². The maximum absolute atomic E-state index is 13.7. The molecular formula is C26H26ClN3O4S. The molecule has 0 bridgehead atoms. The summed E-state index contributed by atoms with van der Waals surface area (Å²) in [4.78, 5) is 40.1. The van der Waals surface area contributed by atoms with Crippen molar-refractivity contribution < 1.29 is 14.3 Å². The molecule has 35 heavy (non-hydrogen) atoms. The van der Waals surface area contributed by atoms with Gasteiger partial charge in [-0.2, -0.15) is 0 Å². The van der Waals surface area contributed by atoms with Gasteiger partial charge < -0.3 is 15.4 Å². The molecule has 1 unspecified atom stereocenters. The van der Waals surface area contributed by atoms with E-state index in [1.807, 2.05) is 30.3 Å². The topological polar surface area (TPSA) is 89.4 Å². The lowest BCUT2D eigenvalue weighted by atomic mass is 10.1. The average Bonchev–Trinajstić information content (AvgIpc) is 3.53. The summed E-state index contributed by atoms with van der Waals surface area (Å²) >= 11 is 1.26. The van der Waals surface area contributed by atoms with E-state index in [1.54, 1.807) is 24.3 Å². The number of aromatic nitrogens is 1. The van der Waals surface area contributed by atoms with Gasteiger partial charge in [0.2, 0.25) is 0 Å². The predicted molar refractivity (Wildman–Crippen MR) is 141 cm³/mol. The first-order valence-corrected chi connectivity index (χ1v) is 12.1. The van der Waals surface area contributed by atoms with E-state index < -0.39 is 0 Å². The number of ketones is 1. The zero-order chi connectivity index (χ0) is 23.7. The fourth-order valence-corrected chi connectivity index (χ4v) is 5.72. The summed E-state index contributed by atoms with van der Waals surface area (Å²) in [7, 11) is 1.47. The monoisotopic (exact) mass is 511 g/mol. The van der Waals surface area contributed by atoms with Crippen LogP contribution in [0, 0.1) is 5.92 Å². The fourth-order valence-electron chi connectivity index (χ4n) is 4.51. The number of halogens is 1. The largest absolute Gasteiger partial charge is 0.494 e. The van der Waals surface area contributed by atoms with E-state index in [-0.39, 0.29) is 42.0 Å². The lowest BCUT2D eigenvalue weighted by Gasteiger charge is -2.12. The molecule has 3 heterocycles. The van der Waals surface area contributed by atoms with E-state index in [2.05, 4.69) is 10.6 Å². The molecule has 1 aliphatic heterocycles. The Balaban J connectivity index is 0.00000289. The fraction of sp³-hybridized carbons (Fsp3) is 0.269. The summed E-state index contributed by atoms with van der Waals surface area (Å²) in [6.07, 6.45) is 1.02. The number of ether oxygens (including phenoxy) is 1. The highest BCUT2D eigenvalue weighted by molar-refractivity contribution is 7.22. The minimum absolute atomic E-state index is 0. The van der Waals surface area contributed by atoms with Gasteiger partial charge in [-0.1, -0.05) is 48.5 Å². The molecule has 4 aromatic rings. The number of benzene rings is 2. The van der Waals surface area contributed by atoms with Crippen LogP contribution in [0.3, 0.4) is 0 Å². The molecule has 1 saturated heterocycles. The van der Waals surface area contributed by atoms with Crippen LogP contribution >= 0.6 is 23.7 Å². The normalized spacial score (nSPS) is 15.2. The number of rotatable bonds is 7. The van der Waals surface area contributed by atoms with Gasteiger partial charge in [0.15, 0.2) is 11.5 Å². The molecule has 9 heteroatoms. The Morgan fingerprint density at radius 1 is 1.14 bits per heavy atom. The second-order valence-electron chi connectivity index (χ2n) is 8.44. The number of hydrogen-bond donors (Lipinski definition) is 2. The Morgan fingerprint density at radius 2 is 1.89 bits per heavy atom. The molecule has 1 atom stereocenters. The number of nitrogens with one attached hydrogen (secondary N) is 2. The number of nitrogens with zero attached hydrogens (tertiary/aromatic N) is 1. The van der Waals surface area contributed by atoms with Gasteiger partial charge in [0.25, 0.3) is 11.5 Å². The van der Waals surface area contributed by atoms with Gasteiger partial charge in [0.05, 0.1) is 23.9 Å². The molecule has 2 aromatic carbocycles. The van der Waals surface area contributed by atoms with Crippen LogP contribution in [0.5, 0.6) is 5.75 Å². The number of carbonyl (C=O) groups is 2. The highest BCUT2D eigenvalue weighted by atomic mass is 35.5. The number of hydrogen-bond acceptors (Lipinski definition) is 6. The SMILES string of the molecule is COc1c(C(=O)NCC2CCNC2)sc2c1c(=O)n(CC(=O)c1ccccc1)c1ccccc21.Cl. The third kappa shape index (κ3) is 4.69. The quantitative estimate of drug-likeness (QED) is 0.368. The maximum Gasteiger partial charge on any atom is 0.265 e. The Bertz CT molecular complexity index is 1440. The molecule has 182 valence electrons. The van der Waals surface area contributed by atoms with Crippen LogP contribution in [0.15, 0.2) is 59.4 Å². The Hall–Kier alpha value is -3.20. The molecular weight excluding hydrogens is 486 g/mol. The van der Waals surface area contributed by atoms with E-state index in [0.717, 1.165) is 24.9 Å². The van der Waals surface area contributed by atoms with E-state index in [4.69, 9.17) is 4.74 Å². The zero-order valence-corrected chi connectivity index (χ0v) is 20.8. The lowest BCUT2D eigenvalue weighted by Crippen LogP contribution is -2.30. The van der Waals surface area contributed by atoms with Crippen LogP contribution in [-0.2, 0) is 6.54 Å². The Morgan fingerprint density at radius 3 is 2.60 bits per heavy atom. The molecule has 1 amide bonds. The molecule has 2 N–H and O–H groups in total. The number of amides is 1. The summed E-state index contributed by atoms with van der Waals surface area (Å²) in [6, 6.07) is 16.4. The maximum atomic E-state index is 13.7. The molecule has 0 spiro atoms. The number of para-hydroxylation sites is 1. The number of carbonyl (C=O) groups excluding carboxylic acids is 2. The van der Waals surface area contributed by atoms with Gasteiger partial charge in [0.1, 0.15) is 10.3 Å². The number of methoxy groups -OCH3 is 1. The van der Waals surface area contributed by atoms with Crippen molar-refractivity contribution in [3.05, 3.63) is 75.4 Å². The first-order chi connectivity index (χ1) is 16.6. The van der Waals surface area contributed by atoms with Gasteiger partial charge in [0, 0.05) is 17.5 Å². The summed E-state index contributed by atoms with van der Waals surface area (Å²) in [5, 5.41) is 7.44. The van der Waals surface area contributed by atoms with Crippen molar-refractivity contribution in [3.63, 3.8) is 0 Å². The molecule has 2 aromatic heterocycles. The molecule has 0 radical (unpaired) electrons. The zero-order valence-electron chi connectivity index (χ0n) is 19.2. The van der Waals surface area contributed by atoms with Crippen LogP contribution in [0.4, 0.5) is 0 Å². The molecule has 0 aliphatic carbocycles. The number of pyridine rings is 1. The van der Waals surface area contributed by atoms with Gasteiger partial charge in [-0.25, -0.2) is 0 Å². The van der Waals surface area contributed by atoms with Crippen molar-refractivity contribution in [3.8, 4) is 5.75 Å². The summed E-state index contributed by atoms with van der Waals surface area (Å²) in [5.74, 6) is 0.245. The standard InChI is InChI=1S/C26H25N3O4S.ClH/c1-33-22-21-23(34-24(22)25(31)28-14-16-11-12-27-13-16)18-9-5-6-10-19(18)29(26(21)32)15-20(30)17-7-3-2-4-8-17;/h2-10,16,27H,11-15H2,1H3,(H,28,31);1H. The Labute approximate surface area is 212 Å². The van der Waals surface area contributed by atoms with Crippen molar-refractivity contribution in [2.45, 2.75) is 13.0 Å². The highest BCUT2D eigenvalue weighted by Gasteiger charge is 2.26. The second kappa shape index (κ2) is 10.6. The van der Waals surface area contributed by atoms with Crippen molar-refractivity contribution in [1.29, 1.82) is 0 Å². The molecule has 5 rings (SSSR count). The van der Waals surface area contributed by atoms with Gasteiger partial charge in [-0.3, -0.25) is 19.0 Å². The van der Waals surface area contributed by atoms with Crippen molar-refractivity contribution in [2.75, 3.05) is 26.7 Å². The smallest absolute Gasteiger partial charge is 0.265 e. The van der Waals surface area contributed by atoms with Gasteiger partial charge >= 0.3 is 0 Å².